The molecule has 0 fully saturated rings. The molecule has 0 bridgehead atoms. The summed E-state index contributed by atoms with van der Waals surface area (Å²) in [6.07, 6.45) is 0.933. The first-order valence-corrected chi connectivity index (χ1v) is 6.93. The summed E-state index contributed by atoms with van der Waals surface area (Å²) < 4.78 is 0. The number of nitro groups is 1. The third kappa shape index (κ3) is 4.63. The van der Waals surface area contributed by atoms with Gasteiger partial charge in [0, 0.05) is 24.7 Å². The van der Waals surface area contributed by atoms with Gasteiger partial charge in [-0.25, -0.2) is 0 Å². The molecule has 0 radical (unpaired) electrons. The first-order valence-electron chi connectivity index (χ1n) is 6.93. The maximum atomic E-state index is 10.6. The first-order chi connectivity index (χ1) is 8.95. The molecule has 0 aliphatic carbocycles. The second-order valence-corrected chi connectivity index (χ2v) is 5.29. The van der Waals surface area contributed by atoms with Crippen LogP contribution in [-0.4, -0.2) is 29.0 Å². The molecule has 0 heterocycles. The molecular weight excluding hydrogens is 240 g/mol. The highest BCUT2D eigenvalue weighted by atomic mass is 16.6. The molecule has 1 aromatic carbocycles. The molecule has 0 saturated carbocycles. The minimum atomic E-state index is -0.358. The van der Waals surface area contributed by atoms with Crippen LogP contribution in [0.3, 0.4) is 0 Å². The van der Waals surface area contributed by atoms with Gasteiger partial charge in [0.05, 0.1) is 4.92 Å². The van der Waals surface area contributed by atoms with Crippen molar-refractivity contribution in [3.05, 3.63) is 39.9 Å². The van der Waals surface area contributed by atoms with E-state index in [0.29, 0.717) is 12.0 Å². The van der Waals surface area contributed by atoms with Crippen molar-refractivity contribution < 1.29 is 4.92 Å². The van der Waals surface area contributed by atoms with Crippen molar-refractivity contribution in [3.8, 4) is 0 Å². The van der Waals surface area contributed by atoms with Gasteiger partial charge in [-0.2, -0.15) is 0 Å². The zero-order valence-corrected chi connectivity index (χ0v) is 12.3. The van der Waals surface area contributed by atoms with Crippen LogP contribution in [0.2, 0.25) is 0 Å². The quantitative estimate of drug-likeness (QED) is 0.559. The lowest BCUT2D eigenvalue weighted by atomic mass is 10.0. The van der Waals surface area contributed by atoms with Crippen molar-refractivity contribution in [2.45, 2.75) is 40.2 Å². The fraction of sp³-hybridized carbons (Fsp3) is 0.600. The number of nitro benzene ring substituents is 1. The number of nitrogens with zero attached hydrogens (tertiary/aromatic N) is 2. The molecule has 4 nitrogen and oxygen atoms in total. The lowest BCUT2D eigenvalue weighted by Crippen LogP contribution is -2.37. The molecule has 0 N–H and O–H groups in total. The van der Waals surface area contributed by atoms with E-state index < -0.39 is 0 Å². The summed E-state index contributed by atoms with van der Waals surface area (Å²) in [7, 11) is 0. The van der Waals surface area contributed by atoms with Crippen molar-refractivity contribution in [1.82, 2.24) is 4.90 Å². The largest absolute Gasteiger partial charge is 0.300 e. The van der Waals surface area contributed by atoms with Crippen molar-refractivity contribution >= 4 is 5.69 Å². The van der Waals surface area contributed by atoms with Gasteiger partial charge in [0.1, 0.15) is 0 Å². The molecule has 0 aromatic heterocycles. The van der Waals surface area contributed by atoms with Gasteiger partial charge in [-0.3, -0.25) is 10.1 Å². The summed E-state index contributed by atoms with van der Waals surface area (Å²) in [6.45, 7) is 10.9. The summed E-state index contributed by atoms with van der Waals surface area (Å²) in [4.78, 5) is 12.7. The van der Waals surface area contributed by atoms with E-state index in [4.69, 9.17) is 0 Å². The molecule has 1 rings (SSSR count). The number of rotatable bonds is 7. The fourth-order valence-electron chi connectivity index (χ4n) is 2.13. The van der Waals surface area contributed by atoms with Crippen LogP contribution in [0.15, 0.2) is 24.3 Å². The summed E-state index contributed by atoms with van der Waals surface area (Å²) >= 11 is 0. The lowest BCUT2D eigenvalue weighted by Gasteiger charge is -2.30. The summed E-state index contributed by atoms with van der Waals surface area (Å²) in [6, 6.07) is 7.43. The molecule has 19 heavy (non-hydrogen) atoms. The van der Waals surface area contributed by atoms with E-state index in [9.17, 15) is 10.1 Å². The van der Waals surface area contributed by atoms with Crippen molar-refractivity contribution in [2.24, 2.45) is 5.92 Å². The smallest absolute Gasteiger partial charge is 0.269 e. The molecular formula is C15H24N2O2. The Kier molecular flexibility index (Phi) is 5.96. The van der Waals surface area contributed by atoms with Crippen LogP contribution in [0.25, 0.3) is 0 Å². The standard InChI is InChI=1S/C15H24N2O2/c1-5-16(13(4)12(2)3)11-10-14-6-8-15(9-7-14)17(18)19/h6-9,12-13H,5,10-11H2,1-4H3. The number of hydrogen-bond donors (Lipinski definition) is 0. The Morgan fingerprint density at radius 2 is 1.79 bits per heavy atom. The van der Waals surface area contributed by atoms with Gasteiger partial charge in [0.25, 0.3) is 5.69 Å². The number of hydrogen-bond acceptors (Lipinski definition) is 3. The van der Waals surface area contributed by atoms with Crippen LogP contribution < -0.4 is 0 Å². The van der Waals surface area contributed by atoms with Crippen LogP contribution in [0.5, 0.6) is 0 Å². The molecule has 0 aliphatic rings. The average Bonchev–Trinajstić information content (AvgIpc) is 2.39. The van der Waals surface area contributed by atoms with Crippen LogP contribution >= 0.6 is 0 Å². The Bertz CT molecular complexity index is 401. The minimum Gasteiger partial charge on any atom is -0.300 e. The normalized spacial score (nSPS) is 12.9. The third-order valence-electron chi connectivity index (χ3n) is 3.78. The van der Waals surface area contributed by atoms with Crippen LogP contribution in [-0.2, 0) is 6.42 Å². The maximum Gasteiger partial charge on any atom is 0.269 e. The van der Waals surface area contributed by atoms with Crippen molar-refractivity contribution in [2.75, 3.05) is 13.1 Å². The number of non-ortho nitro benzene ring substituents is 1. The van der Waals surface area contributed by atoms with E-state index >= 15 is 0 Å². The van der Waals surface area contributed by atoms with Crippen LogP contribution in [0, 0.1) is 16.0 Å². The fourth-order valence-corrected chi connectivity index (χ4v) is 2.13. The highest BCUT2D eigenvalue weighted by Crippen LogP contribution is 2.14. The maximum absolute atomic E-state index is 10.6. The van der Waals surface area contributed by atoms with E-state index in [-0.39, 0.29) is 10.6 Å². The SMILES string of the molecule is CCN(CCc1ccc([N+](=O)[O-])cc1)C(C)C(C)C. The Labute approximate surface area is 115 Å². The molecule has 4 heteroatoms. The molecule has 1 aromatic rings. The molecule has 1 unspecified atom stereocenters. The van der Waals surface area contributed by atoms with Gasteiger partial charge in [0.15, 0.2) is 0 Å². The second kappa shape index (κ2) is 7.24. The van der Waals surface area contributed by atoms with E-state index in [2.05, 4.69) is 32.6 Å². The van der Waals surface area contributed by atoms with Gasteiger partial charge < -0.3 is 4.90 Å². The molecule has 0 amide bonds. The number of likely N-dealkylation sites (N-methyl/N-ethyl adjacent to an activating group) is 1. The molecule has 0 saturated heterocycles. The van der Waals surface area contributed by atoms with Gasteiger partial charge in [-0.05, 0) is 31.4 Å². The Balaban J connectivity index is 2.57. The van der Waals surface area contributed by atoms with Crippen LogP contribution in [0.4, 0.5) is 5.69 Å². The highest BCUT2D eigenvalue weighted by molar-refractivity contribution is 5.32. The topological polar surface area (TPSA) is 46.4 Å². The van der Waals surface area contributed by atoms with E-state index in [1.165, 1.54) is 0 Å². The molecule has 1 atom stereocenters. The highest BCUT2D eigenvalue weighted by Gasteiger charge is 2.15. The molecule has 0 spiro atoms. The zero-order chi connectivity index (χ0) is 14.4. The number of benzene rings is 1. The van der Waals surface area contributed by atoms with E-state index in [1.54, 1.807) is 12.1 Å². The predicted octanol–water partition coefficient (Wildman–Crippen LogP) is 3.50. The van der Waals surface area contributed by atoms with Gasteiger partial charge in [0.2, 0.25) is 0 Å². The third-order valence-corrected chi connectivity index (χ3v) is 3.78. The average molecular weight is 264 g/mol. The lowest BCUT2D eigenvalue weighted by molar-refractivity contribution is -0.384. The molecule has 106 valence electrons. The molecule has 0 aliphatic heterocycles. The Hall–Kier alpha value is -1.42. The summed E-state index contributed by atoms with van der Waals surface area (Å²) in [5.74, 6) is 0.636. The van der Waals surface area contributed by atoms with Gasteiger partial charge in [-0.1, -0.05) is 32.9 Å². The van der Waals surface area contributed by atoms with Crippen molar-refractivity contribution in [3.63, 3.8) is 0 Å². The van der Waals surface area contributed by atoms with Gasteiger partial charge >= 0.3 is 0 Å². The first kappa shape index (κ1) is 15.6. The Morgan fingerprint density at radius 3 is 2.21 bits per heavy atom. The van der Waals surface area contributed by atoms with E-state index in [0.717, 1.165) is 25.1 Å². The summed E-state index contributed by atoms with van der Waals surface area (Å²) in [5.41, 5.74) is 1.31. The monoisotopic (exact) mass is 264 g/mol. The van der Waals surface area contributed by atoms with Crippen LogP contribution in [0.1, 0.15) is 33.3 Å². The van der Waals surface area contributed by atoms with Gasteiger partial charge in [-0.15, -0.1) is 0 Å². The minimum absolute atomic E-state index is 0.159. The van der Waals surface area contributed by atoms with Crippen molar-refractivity contribution in [1.29, 1.82) is 0 Å². The second-order valence-electron chi connectivity index (χ2n) is 5.29. The Morgan fingerprint density at radius 1 is 1.21 bits per heavy atom. The zero-order valence-electron chi connectivity index (χ0n) is 12.3. The van der Waals surface area contributed by atoms with E-state index in [1.807, 2.05) is 12.1 Å². The predicted molar refractivity (Wildman–Crippen MR) is 78.3 cm³/mol. The summed E-state index contributed by atoms with van der Waals surface area (Å²) in [5, 5.41) is 10.6.